The van der Waals surface area contributed by atoms with Crippen LogP contribution in [0.1, 0.15) is 10.4 Å². The average Bonchev–Trinajstić information content (AvgIpc) is 2.42. The summed E-state index contributed by atoms with van der Waals surface area (Å²) in [6.07, 6.45) is 0. The highest BCUT2D eigenvalue weighted by Crippen LogP contribution is 2.27. The molecule has 4 nitrogen and oxygen atoms in total. The number of nitrogen functional groups attached to an aromatic ring is 1. The third-order valence-electron chi connectivity index (χ3n) is 2.67. The molecule has 0 radical (unpaired) electrons. The number of methoxy groups -OCH3 is 1. The minimum absolute atomic E-state index is 0.0783. The normalized spacial score (nSPS) is 10.2. The molecule has 2 rings (SSSR count). The van der Waals surface area contributed by atoms with Crippen molar-refractivity contribution in [2.24, 2.45) is 0 Å². The molecule has 0 fully saturated rings. The van der Waals surface area contributed by atoms with Gasteiger partial charge in [-0.1, -0.05) is 11.6 Å². The summed E-state index contributed by atoms with van der Waals surface area (Å²) in [6, 6.07) is 8.62. The smallest absolute Gasteiger partial charge is 0.255 e. The van der Waals surface area contributed by atoms with Crippen molar-refractivity contribution in [3.8, 4) is 5.75 Å². The van der Waals surface area contributed by atoms with Gasteiger partial charge in [-0.2, -0.15) is 0 Å². The molecule has 0 saturated carbocycles. The lowest BCUT2D eigenvalue weighted by Gasteiger charge is -2.08. The standard InChI is InChI=1S/C14H12ClFN2O2/c1-20-13-5-3-9(7-10(13)15)18-14(19)8-2-4-11(16)12(17)6-8/h2-7H,17H2,1H3,(H,18,19). The van der Waals surface area contributed by atoms with Gasteiger partial charge in [-0.25, -0.2) is 4.39 Å². The molecular weight excluding hydrogens is 283 g/mol. The molecule has 0 aliphatic rings. The first-order chi connectivity index (χ1) is 9.51. The van der Waals surface area contributed by atoms with Gasteiger partial charge in [0.1, 0.15) is 11.6 Å². The van der Waals surface area contributed by atoms with Crippen molar-refractivity contribution >= 4 is 28.9 Å². The molecule has 0 heterocycles. The number of anilines is 2. The molecule has 20 heavy (non-hydrogen) atoms. The molecule has 104 valence electrons. The van der Waals surface area contributed by atoms with Crippen LogP contribution in [0.5, 0.6) is 5.75 Å². The summed E-state index contributed by atoms with van der Waals surface area (Å²) in [6.45, 7) is 0. The zero-order valence-corrected chi connectivity index (χ0v) is 11.4. The molecule has 3 N–H and O–H groups in total. The topological polar surface area (TPSA) is 64.3 Å². The summed E-state index contributed by atoms with van der Waals surface area (Å²) in [5, 5.41) is 3.02. The number of amides is 1. The largest absolute Gasteiger partial charge is 0.495 e. The minimum Gasteiger partial charge on any atom is -0.495 e. The maximum atomic E-state index is 13.0. The van der Waals surface area contributed by atoms with Crippen molar-refractivity contribution in [1.82, 2.24) is 0 Å². The number of hydrogen-bond acceptors (Lipinski definition) is 3. The lowest BCUT2D eigenvalue weighted by atomic mass is 10.1. The van der Waals surface area contributed by atoms with Gasteiger partial charge in [0.05, 0.1) is 17.8 Å². The predicted octanol–water partition coefficient (Wildman–Crippen LogP) is 3.32. The van der Waals surface area contributed by atoms with Gasteiger partial charge in [-0.3, -0.25) is 4.79 Å². The highest BCUT2D eigenvalue weighted by molar-refractivity contribution is 6.32. The van der Waals surface area contributed by atoms with E-state index in [-0.39, 0.29) is 11.3 Å². The molecule has 6 heteroatoms. The molecule has 2 aromatic rings. The second-order valence-corrected chi connectivity index (χ2v) is 4.45. The third-order valence-corrected chi connectivity index (χ3v) is 2.96. The van der Waals surface area contributed by atoms with Crippen LogP contribution in [0.2, 0.25) is 5.02 Å². The number of ether oxygens (including phenoxy) is 1. The van der Waals surface area contributed by atoms with E-state index in [4.69, 9.17) is 22.1 Å². The summed E-state index contributed by atoms with van der Waals surface area (Å²) < 4.78 is 18.1. The van der Waals surface area contributed by atoms with Crippen molar-refractivity contribution in [2.75, 3.05) is 18.2 Å². The van der Waals surface area contributed by atoms with Gasteiger partial charge in [0.2, 0.25) is 0 Å². The maximum Gasteiger partial charge on any atom is 0.255 e. The van der Waals surface area contributed by atoms with Gasteiger partial charge in [0.15, 0.2) is 0 Å². The first kappa shape index (κ1) is 14.1. The van der Waals surface area contributed by atoms with E-state index in [1.54, 1.807) is 18.2 Å². The fourth-order valence-electron chi connectivity index (χ4n) is 1.63. The van der Waals surface area contributed by atoms with E-state index in [2.05, 4.69) is 5.32 Å². The molecule has 0 saturated heterocycles. The zero-order chi connectivity index (χ0) is 14.7. The Hall–Kier alpha value is -2.27. The number of nitrogens with two attached hydrogens (primary N) is 1. The van der Waals surface area contributed by atoms with E-state index >= 15 is 0 Å². The molecular formula is C14H12ClFN2O2. The molecule has 0 aliphatic carbocycles. The van der Waals surface area contributed by atoms with Gasteiger partial charge < -0.3 is 15.8 Å². The Morgan fingerprint density at radius 1 is 1.30 bits per heavy atom. The number of carbonyl (C=O) groups excluding carboxylic acids is 1. The lowest BCUT2D eigenvalue weighted by molar-refractivity contribution is 0.102. The van der Waals surface area contributed by atoms with E-state index in [0.717, 1.165) is 6.07 Å². The van der Waals surface area contributed by atoms with Crippen molar-refractivity contribution < 1.29 is 13.9 Å². The SMILES string of the molecule is COc1ccc(NC(=O)c2ccc(F)c(N)c2)cc1Cl. The van der Waals surface area contributed by atoms with Gasteiger partial charge in [-0.05, 0) is 36.4 Å². The predicted molar refractivity (Wildman–Crippen MR) is 76.8 cm³/mol. The lowest BCUT2D eigenvalue weighted by Crippen LogP contribution is -2.12. The summed E-state index contributed by atoms with van der Waals surface area (Å²) in [5.41, 5.74) is 6.11. The Morgan fingerprint density at radius 2 is 2.05 bits per heavy atom. The number of benzene rings is 2. The third kappa shape index (κ3) is 3.00. The second kappa shape index (κ2) is 5.79. The Kier molecular flexibility index (Phi) is 4.10. The highest BCUT2D eigenvalue weighted by atomic mass is 35.5. The van der Waals surface area contributed by atoms with E-state index in [1.807, 2.05) is 0 Å². The van der Waals surface area contributed by atoms with Crippen LogP contribution in [0.3, 0.4) is 0 Å². The molecule has 0 atom stereocenters. The second-order valence-electron chi connectivity index (χ2n) is 4.04. The van der Waals surface area contributed by atoms with E-state index in [0.29, 0.717) is 16.5 Å². The number of rotatable bonds is 3. The van der Waals surface area contributed by atoms with Crippen LogP contribution in [-0.4, -0.2) is 13.0 Å². The highest BCUT2D eigenvalue weighted by Gasteiger charge is 2.10. The fourth-order valence-corrected chi connectivity index (χ4v) is 1.89. The molecule has 0 aliphatic heterocycles. The number of halogens is 2. The monoisotopic (exact) mass is 294 g/mol. The molecule has 0 aromatic heterocycles. The Bertz CT molecular complexity index is 662. The van der Waals surface area contributed by atoms with Crippen LogP contribution < -0.4 is 15.8 Å². The summed E-state index contributed by atoms with van der Waals surface area (Å²) in [4.78, 5) is 12.0. The van der Waals surface area contributed by atoms with Crippen molar-refractivity contribution in [3.05, 3.63) is 52.8 Å². The van der Waals surface area contributed by atoms with Crippen LogP contribution in [0, 0.1) is 5.82 Å². The van der Waals surface area contributed by atoms with Gasteiger partial charge >= 0.3 is 0 Å². The van der Waals surface area contributed by atoms with Crippen molar-refractivity contribution in [1.29, 1.82) is 0 Å². The number of carbonyl (C=O) groups is 1. The van der Waals surface area contributed by atoms with E-state index < -0.39 is 11.7 Å². The summed E-state index contributed by atoms with van der Waals surface area (Å²) in [7, 11) is 1.50. The Labute approximate surface area is 120 Å². The number of nitrogens with one attached hydrogen (secondary N) is 1. The summed E-state index contributed by atoms with van der Waals surface area (Å²) >= 11 is 5.96. The van der Waals surface area contributed by atoms with Gasteiger partial charge in [-0.15, -0.1) is 0 Å². The van der Waals surface area contributed by atoms with Crippen LogP contribution in [0.4, 0.5) is 15.8 Å². The van der Waals surface area contributed by atoms with Crippen LogP contribution in [0.15, 0.2) is 36.4 Å². The molecule has 1 amide bonds. The Morgan fingerprint density at radius 3 is 2.65 bits per heavy atom. The van der Waals surface area contributed by atoms with Gasteiger partial charge in [0.25, 0.3) is 5.91 Å². The van der Waals surface area contributed by atoms with Crippen molar-refractivity contribution in [2.45, 2.75) is 0 Å². The van der Waals surface area contributed by atoms with E-state index in [1.165, 1.54) is 19.2 Å². The fraction of sp³-hybridized carbons (Fsp3) is 0.0714. The van der Waals surface area contributed by atoms with Crippen LogP contribution >= 0.6 is 11.6 Å². The average molecular weight is 295 g/mol. The molecule has 0 spiro atoms. The molecule has 0 unspecified atom stereocenters. The van der Waals surface area contributed by atoms with E-state index in [9.17, 15) is 9.18 Å². The van der Waals surface area contributed by atoms with Gasteiger partial charge in [0, 0.05) is 11.3 Å². The minimum atomic E-state index is -0.561. The summed E-state index contributed by atoms with van der Waals surface area (Å²) in [5.74, 6) is -0.456. The van der Waals surface area contributed by atoms with Crippen LogP contribution in [0.25, 0.3) is 0 Å². The Balaban J connectivity index is 2.19. The molecule has 2 aromatic carbocycles. The van der Waals surface area contributed by atoms with Crippen LogP contribution in [-0.2, 0) is 0 Å². The quantitative estimate of drug-likeness (QED) is 0.854. The maximum absolute atomic E-state index is 13.0. The zero-order valence-electron chi connectivity index (χ0n) is 10.6. The first-order valence-electron chi connectivity index (χ1n) is 5.71. The number of hydrogen-bond donors (Lipinski definition) is 2. The van der Waals surface area contributed by atoms with Crippen molar-refractivity contribution in [3.63, 3.8) is 0 Å². The first-order valence-corrected chi connectivity index (χ1v) is 6.09. The molecule has 0 bridgehead atoms.